The van der Waals surface area contributed by atoms with E-state index in [0.29, 0.717) is 0 Å². The van der Waals surface area contributed by atoms with Crippen molar-refractivity contribution in [1.82, 2.24) is 5.32 Å². The molecule has 3 heterocycles. The minimum absolute atomic E-state index is 0.0259. The molecular formula is C16H13NO3S. The van der Waals surface area contributed by atoms with Crippen LogP contribution in [0.4, 0.5) is 0 Å². The fourth-order valence-corrected chi connectivity index (χ4v) is 3.25. The monoisotopic (exact) mass is 299 g/mol. The molecule has 1 aromatic carbocycles. The minimum atomic E-state index is 0.0259. The fraction of sp³-hybridized carbons (Fsp3) is 0.188. The van der Waals surface area contributed by atoms with Crippen molar-refractivity contribution in [3.63, 3.8) is 0 Å². The second-order valence-corrected chi connectivity index (χ2v) is 5.89. The van der Waals surface area contributed by atoms with E-state index in [1.165, 1.54) is 16.9 Å². The van der Waals surface area contributed by atoms with Crippen molar-refractivity contribution in [3.05, 3.63) is 51.7 Å². The SMILES string of the molecule is O=C(/C=C1\NCCc2cc3c(cc21)OCO3)c1cccs1. The molecule has 0 saturated heterocycles. The topological polar surface area (TPSA) is 47.6 Å². The number of allylic oxidation sites excluding steroid dienone is 1. The van der Waals surface area contributed by atoms with Crippen LogP contribution in [-0.4, -0.2) is 19.1 Å². The average Bonchev–Trinajstić information content (AvgIpc) is 3.16. The van der Waals surface area contributed by atoms with Gasteiger partial charge in [-0.05, 0) is 35.6 Å². The molecule has 1 N–H and O–H groups in total. The summed E-state index contributed by atoms with van der Waals surface area (Å²) in [5.41, 5.74) is 3.06. The van der Waals surface area contributed by atoms with Gasteiger partial charge in [-0.3, -0.25) is 4.79 Å². The van der Waals surface area contributed by atoms with Gasteiger partial charge in [-0.15, -0.1) is 11.3 Å². The summed E-state index contributed by atoms with van der Waals surface area (Å²) in [5.74, 6) is 1.56. The lowest BCUT2D eigenvalue weighted by atomic mass is 9.96. The molecule has 0 fully saturated rings. The van der Waals surface area contributed by atoms with Crippen LogP contribution < -0.4 is 14.8 Å². The first-order valence-electron chi connectivity index (χ1n) is 6.77. The molecular weight excluding hydrogens is 286 g/mol. The van der Waals surface area contributed by atoms with Crippen molar-refractivity contribution < 1.29 is 14.3 Å². The van der Waals surface area contributed by atoms with Crippen molar-refractivity contribution in [2.75, 3.05) is 13.3 Å². The molecule has 0 unspecified atom stereocenters. The normalized spacial score (nSPS) is 17.4. The molecule has 5 heteroatoms. The largest absolute Gasteiger partial charge is 0.454 e. The lowest BCUT2D eigenvalue weighted by Crippen LogP contribution is -2.23. The van der Waals surface area contributed by atoms with Crippen LogP contribution in [0, 0.1) is 0 Å². The van der Waals surface area contributed by atoms with Gasteiger partial charge in [-0.2, -0.15) is 0 Å². The Bertz CT molecular complexity index is 734. The smallest absolute Gasteiger partial charge is 0.231 e. The number of carbonyl (C=O) groups excluding carboxylic acids is 1. The van der Waals surface area contributed by atoms with Crippen molar-refractivity contribution in [2.24, 2.45) is 0 Å². The second kappa shape index (κ2) is 4.93. The van der Waals surface area contributed by atoms with Crippen LogP contribution in [0.15, 0.2) is 35.7 Å². The zero-order valence-electron chi connectivity index (χ0n) is 11.2. The summed E-state index contributed by atoms with van der Waals surface area (Å²) in [6.45, 7) is 1.08. The van der Waals surface area contributed by atoms with Crippen molar-refractivity contribution in [2.45, 2.75) is 6.42 Å². The van der Waals surface area contributed by atoms with E-state index >= 15 is 0 Å². The maximum Gasteiger partial charge on any atom is 0.231 e. The van der Waals surface area contributed by atoms with E-state index in [9.17, 15) is 4.79 Å². The van der Waals surface area contributed by atoms with Gasteiger partial charge in [0.1, 0.15) is 0 Å². The molecule has 2 aromatic rings. The Morgan fingerprint density at radius 3 is 2.95 bits per heavy atom. The van der Waals surface area contributed by atoms with Gasteiger partial charge in [0, 0.05) is 23.9 Å². The zero-order valence-corrected chi connectivity index (χ0v) is 12.0. The van der Waals surface area contributed by atoms with E-state index in [4.69, 9.17) is 9.47 Å². The molecule has 2 aliphatic heterocycles. The summed E-state index contributed by atoms with van der Waals surface area (Å²) in [6.07, 6.45) is 2.59. The summed E-state index contributed by atoms with van der Waals surface area (Å²) in [5, 5.41) is 5.22. The summed E-state index contributed by atoms with van der Waals surface area (Å²) < 4.78 is 10.8. The van der Waals surface area contributed by atoms with Gasteiger partial charge in [-0.1, -0.05) is 6.07 Å². The molecule has 0 atom stereocenters. The molecule has 0 saturated carbocycles. The highest BCUT2D eigenvalue weighted by Gasteiger charge is 2.22. The van der Waals surface area contributed by atoms with Crippen molar-refractivity contribution >= 4 is 22.8 Å². The third kappa shape index (κ3) is 2.19. The number of carbonyl (C=O) groups is 1. The van der Waals surface area contributed by atoms with Gasteiger partial charge in [-0.25, -0.2) is 0 Å². The van der Waals surface area contributed by atoms with Gasteiger partial charge in [0.25, 0.3) is 0 Å². The average molecular weight is 299 g/mol. The summed E-state index contributed by atoms with van der Waals surface area (Å²) >= 11 is 1.45. The fourth-order valence-electron chi connectivity index (χ4n) is 2.62. The molecule has 0 spiro atoms. The second-order valence-electron chi connectivity index (χ2n) is 4.94. The van der Waals surface area contributed by atoms with E-state index in [0.717, 1.165) is 40.6 Å². The lowest BCUT2D eigenvalue weighted by molar-refractivity contribution is 0.105. The van der Waals surface area contributed by atoms with Crippen molar-refractivity contribution in [1.29, 1.82) is 0 Å². The van der Waals surface area contributed by atoms with Gasteiger partial charge in [0.15, 0.2) is 17.3 Å². The summed E-state index contributed by atoms with van der Waals surface area (Å²) in [7, 11) is 0. The summed E-state index contributed by atoms with van der Waals surface area (Å²) in [6, 6.07) is 7.70. The molecule has 4 rings (SSSR count). The first-order valence-corrected chi connectivity index (χ1v) is 7.65. The number of rotatable bonds is 2. The molecule has 1 aromatic heterocycles. The molecule has 4 nitrogen and oxygen atoms in total. The van der Waals surface area contributed by atoms with Crippen LogP contribution in [0.5, 0.6) is 11.5 Å². The Morgan fingerprint density at radius 1 is 1.29 bits per heavy atom. The third-order valence-corrected chi connectivity index (χ3v) is 4.52. The van der Waals surface area contributed by atoms with E-state index in [1.54, 1.807) is 6.08 Å². The van der Waals surface area contributed by atoms with E-state index in [1.807, 2.05) is 29.6 Å². The van der Waals surface area contributed by atoms with Crippen LogP contribution >= 0.6 is 11.3 Å². The number of fused-ring (bicyclic) bond motifs is 2. The Kier molecular flexibility index (Phi) is 2.93. The van der Waals surface area contributed by atoms with Gasteiger partial charge in [0.05, 0.1) is 4.88 Å². The first-order chi connectivity index (χ1) is 10.3. The zero-order chi connectivity index (χ0) is 14.2. The van der Waals surface area contributed by atoms with Crippen molar-refractivity contribution in [3.8, 4) is 11.5 Å². The molecule has 0 aliphatic carbocycles. The highest BCUT2D eigenvalue weighted by Crippen LogP contribution is 2.38. The number of ketones is 1. The van der Waals surface area contributed by atoms with Gasteiger partial charge < -0.3 is 14.8 Å². The molecule has 0 bridgehead atoms. The number of ether oxygens (including phenoxy) is 2. The molecule has 2 aliphatic rings. The Morgan fingerprint density at radius 2 is 2.14 bits per heavy atom. The van der Waals surface area contributed by atoms with E-state index in [2.05, 4.69) is 5.32 Å². The van der Waals surface area contributed by atoms with E-state index < -0.39 is 0 Å². The van der Waals surface area contributed by atoms with Crippen LogP contribution in [0.1, 0.15) is 20.8 Å². The molecule has 21 heavy (non-hydrogen) atoms. The standard InChI is InChI=1S/C16H13NO3S/c18-13(16-2-1-5-21-16)8-12-11-7-15-14(19-9-20-15)6-10(11)3-4-17-12/h1-2,5-8,17H,3-4,9H2/b12-8-. The number of nitrogens with one attached hydrogen (secondary N) is 1. The highest BCUT2D eigenvalue weighted by molar-refractivity contribution is 7.12. The molecule has 0 radical (unpaired) electrons. The Hall–Kier alpha value is -2.27. The van der Waals surface area contributed by atoms with Gasteiger partial charge >= 0.3 is 0 Å². The van der Waals surface area contributed by atoms with Crippen LogP contribution in [0.2, 0.25) is 0 Å². The van der Waals surface area contributed by atoms with E-state index in [-0.39, 0.29) is 12.6 Å². The van der Waals surface area contributed by atoms with Crippen LogP contribution in [-0.2, 0) is 6.42 Å². The highest BCUT2D eigenvalue weighted by atomic mass is 32.1. The minimum Gasteiger partial charge on any atom is -0.454 e. The number of hydrogen-bond acceptors (Lipinski definition) is 5. The van der Waals surface area contributed by atoms with Crippen LogP contribution in [0.3, 0.4) is 0 Å². The lowest BCUT2D eigenvalue weighted by Gasteiger charge is -2.21. The third-order valence-electron chi connectivity index (χ3n) is 3.64. The maximum absolute atomic E-state index is 12.3. The number of benzene rings is 1. The summed E-state index contributed by atoms with van der Waals surface area (Å²) in [4.78, 5) is 13.0. The number of thiophene rings is 1. The predicted octanol–water partition coefficient (Wildman–Crippen LogP) is 2.85. The predicted molar refractivity (Wildman–Crippen MR) is 80.9 cm³/mol. The maximum atomic E-state index is 12.3. The number of hydrogen-bond donors (Lipinski definition) is 1. The Balaban J connectivity index is 1.75. The first kappa shape index (κ1) is 12.5. The quantitative estimate of drug-likeness (QED) is 0.684. The molecule has 106 valence electrons. The molecule has 0 amide bonds. The Labute approximate surface area is 126 Å². The van der Waals surface area contributed by atoms with Crippen LogP contribution in [0.25, 0.3) is 5.70 Å². The van der Waals surface area contributed by atoms with Gasteiger partial charge in [0.2, 0.25) is 6.79 Å².